The Balaban J connectivity index is 1.91. The standard InChI is InChI=1S/C18H25NO5/c1-17(2,3)24-16(21)19-18(10-12-22-13-18)15(20)23-11-9-14-7-5-4-6-8-14/h4-8H,9-13H2,1-3H3,(H,19,21)/t18-/m0/s1. The van der Waals surface area contributed by atoms with Gasteiger partial charge < -0.3 is 19.5 Å². The van der Waals surface area contributed by atoms with Crippen molar-refractivity contribution >= 4 is 12.1 Å². The zero-order valence-corrected chi connectivity index (χ0v) is 14.5. The summed E-state index contributed by atoms with van der Waals surface area (Å²) in [5.41, 5.74) is -0.719. The summed E-state index contributed by atoms with van der Waals surface area (Å²) in [5, 5.41) is 2.64. The van der Waals surface area contributed by atoms with E-state index < -0.39 is 23.2 Å². The number of carbonyl (C=O) groups is 2. The summed E-state index contributed by atoms with van der Waals surface area (Å²) in [7, 11) is 0. The summed E-state index contributed by atoms with van der Waals surface area (Å²) in [5.74, 6) is -0.484. The molecule has 1 aromatic carbocycles. The minimum Gasteiger partial charge on any atom is -0.464 e. The first-order valence-corrected chi connectivity index (χ1v) is 8.11. The predicted molar refractivity (Wildman–Crippen MR) is 88.6 cm³/mol. The maximum absolute atomic E-state index is 12.5. The summed E-state index contributed by atoms with van der Waals surface area (Å²) < 4.78 is 15.9. The molecule has 0 bridgehead atoms. The van der Waals surface area contributed by atoms with Crippen molar-refractivity contribution in [1.29, 1.82) is 0 Å². The summed E-state index contributed by atoms with van der Waals surface area (Å²) in [6.07, 6.45) is 0.347. The lowest BCUT2D eigenvalue weighted by atomic mass is 9.99. The smallest absolute Gasteiger partial charge is 0.408 e. The Morgan fingerprint density at radius 1 is 1.25 bits per heavy atom. The van der Waals surface area contributed by atoms with Gasteiger partial charge in [-0.3, -0.25) is 0 Å². The van der Waals surface area contributed by atoms with Gasteiger partial charge >= 0.3 is 12.1 Å². The molecule has 0 unspecified atom stereocenters. The van der Waals surface area contributed by atoms with Crippen molar-refractivity contribution in [1.82, 2.24) is 5.32 Å². The van der Waals surface area contributed by atoms with E-state index in [9.17, 15) is 9.59 Å². The van der Waals surface area contributed by atoms with Crippen molar-refractivity contribution in [2.75, 3.05) is 19.8 Å². The highest BCUT2D eigenvalue weighted by atomic mass is 16.6. The largest absolute Gasteiger partial charge is 0.464 e. The van der Waals surface area contributed by atoms with Gasteiger partial charge in [-0.15, -0.1) is 0 Å². The zero-order valence-electron chi connectivity index (χ0n) is 14.5. The average Bonchev–Trinajstić information content (AvgIpc) is 2.96. The molecule has 0 saturated carbocycles. The van der Waals surface area contributed by atoms with Crippen molar-refractivity contribution in [2.45, 2.75) is 44.8 Å². The quantitative estimate of drug-likeness (QED) is 0.837. The monoisotopic (exact) mass is 335 g/mol. The number of nitrogens with one attached hydrogen (secondary N) is 1. The highest BCUT2D eigenvalue weighted by Gasteiger charge is 2.46. The lowest BCUT2D eigenvalue weighted by Gasteiger charge is -2.28. The van der Waals surface area contributed by atoms with Gasteiger partial charge in [0.15, 0.2) is 5.54 Å². The molecule has 1 aliphatic rings. The third-order valence-electron chi connectivity index (χ3n) is 3.62. The molecular weight excluding hydrogens is 310 g/mol. The van der Waals surface area contributed by atoms with Gasteiger partial charge in [0.1, 0.15) is 5.60 Å². The van der Waals surface area contributed by atoms with Crippen LogP contribution < -0.4 is 5.32 Å². The Bertz CT molecular complexity index is 559. The Kier molecular flexibility index (Phi) is 5.83. The summed E-state index contributed by atoms with van der Waals surface area (Å²) in [6, 6.07) is 9.76. The molecule has 1 saturated heterocycles. The minimum absolute atomic E-state index is 0.0937. The molecule has 1 fully saturated rings. The number of amides is 1. The Morgan fingerprint density at radius 2 is 1.96 bits per heavy atom. The third-order valence-corrected chi connectivity index (χ3v) is 3.62. The minimum atomic E-state index is -1.17. The first-order valence-electron chi connectivity index (χ1n) is 8.11. The van der Waals surface area contributed by atoms with Gasteiger partial charge in [0.25, 0.3) is 0 Å². The highest BCUT2D eigenvalue weighted by molar-refractivity contribution is 5.86. The van der Waals surface area contributed by atoms with Crippen LogP contribution >= 0.6 is 0 Å². The second kappa shape index (κ2) is 7.66. The molecule has 1 amide bonds. The second-order valence-electron chi connectivity index (χ2n) is 6.88. The van der Waals surface area contributed by atoms with E-state index in [-0.39, 0.29) is 13.2 Å². The second-order valence-corrected chi connectivity index (χ2v) is 6.88. The van der Waals surface area contributed by atoms with Crippen molar-refractivity contribution < 1.29 is 23.8 Å². The van der Waals surface area contributed by atoms with Crippen LogP contribution in [0.15, 0.2) is 30.3 Å². The average molecular weight is 335 g/mol. The molecule has 1 heterocycles. The number of alkyl carbamates (subject to hydrolysis) is 1. The van der Waals surface area contributed by atoms with Crippen LogP contribution in [0.3, 0.4) is 0 Å². The first kappa shape index (κ1) is 18.3. The molecule has 2 rings (SSSR count). The van der Waals surface area contributed by atoms with Crippen molar-refractivity contribution in [3.63, 3.8) is 0 Å². The number of hydrogen-bond acceptors (Lipinski definition) is 5. The van der Waals surface area contributed by atoms with Crippen LogP contribution in [-0.2, 0) is 25.4 Å². The Hall–Kier alpha value is -2.08. The summed E-state index contributed by atoms with van der Waals surface area (Å²) in [6.45, 7) is 6.04. The van der Waals surface area contributed by atoms with E-state index in [1.807, 2.05) is 30.3 Å². The lowest BCUT2D eigenvalue weighted by Crippen LogP contribution is -2.57. The van der Waals surface area contributed by atoms with E-state index in [0.717, 1.165) is 5.56 Å². The van der Waals surface area contributed by atoms with Gasteiger partial charge in [-0.25, -0.2) is 9.59 Å². The van der Waals surface area contributed by atoms with E-state index >= 15 is 0 Å². The van der Waals surface area contributed by atoms with Crippen LogP contribution in [0.1, 0.15) is 32.8 Å². The number of rotatable bonds is 5. The molecule has 6 heteroatoms. The number of ether oxygens (including phenoxy) is 3. The molecule has 24 heavy (non-hydrogen) atoms. The topological polar surface area (TPSA) is 73.9 Å². The molecular formula is C18H25NO5. The molecule has 6 nitrogen and oxygen atoms in total. The molecule has 1 N–H and O–H groups in total. The van der Waals surface area contributed by atoms with E-state index in [1.165, 1.54) is 0 Å². The Labute approximate surface area is 142 Å². The van der Waals surface area contributed by atoms with Crippen molar-refractivity contribution in [3.05, 3.63) is 35.9 Å². The van der Waals surface area contributed by atoms with Crippen LogP contribution in [0.5, 0.6) is 0 Å². The number of hydrogen-bond donors (Lipinski definition) is 1. The number of esters is 1. The van der Waals surface area contributed by atoms with E-state index in [2.05, 4.69) is 5.32 Å². The van der Waals surface area contributed by atoms with Crippen LogP contribution in [-0.4, -0.2) is 43.0 Å². The van der Waals surface area contributed by atoms with Crippen LogP contribution in [0.2, 0.25) is 0 Å². The fourth-order valence-corrected chi connectivity index (χ4v) is 2.42. The lowest BCUT2D eigenvalue weighted by molar-refractivity contribution is -0.151. The predicted octanol–water partition coefficient (Wildman–Crippen LogP) is 2.46. The van der Waals surface area contributed by atoms with Crippen molar-refractivity contribution in [2.24, 2.45) is 0 Å². The number of benzene rings is 1. The van der Waals surface area contributed by atoms with E-state index in [0.29, 0.717) is 19.4 Å². The first-order chi connectivity index (χ1) is 11.3. The van der Waals surface area contributed by atoms with Gasteiger partial charge in [0, 0.05) is 19.4 Å². The van der Waals surface area contributed by atoms with Gasteiger partial charge in [0.05, 0.1) is 13.2 Å². The van der Waals surface area contributed by atoms with Gasteiger partial charge in [-0.2, -0.15) is 0 Å². The normalized spacial score (nSPS) is 20.5. The van der Waals surface area contributed by atoms with Crippen LogP contribution in [0, 0.1) is 0 Å². The number of carbonyl (C=O) groups excluding carboxylic acids is 2. The van der Waals surface area contributed by atoms with Gasteiger partial charge in [-0.1, -0.05) is 30.3 Å². The molecule has 132 valence electrons. The van der Waals surface area contributed by atoms with Gasteiger partial charge in [-0.05, 0) is 26.3 Å². The van der Waals surface area contributed by atoms with E-state index in [4.69, 9.17) is 14.2 Å². The Morgan fingerprint density at radius 3 is 2.54 bits per heavy atom. The molecule has 1 atom stereocenters. The fraction of sp³-hybridized carbons (Fsp3) is 0.556. The maximum atomic E-state index is 12.5. The SMILES string of the molecule is CC(C)(C)OC(=O)N[C@@]1(C(=O)OCCc2ccccc2)CCOC1. The van der Waals surface area contributed by atoms with Crippen LogP contribution in [0.4, 0.5) is 4.79 Å². The molecule has 0 radical (unpaired) electrons. The third kappa shape index (κ3) is 5.23. The van der Waals surface area contributed by atoms with E-state index in [1.54, 1.807) is 20.8 Å². The van der Waals surface area contributed by atoms with Crippen LogP contribution in [0.25, 0.3) is 0 Å². The fourth-order valence-electron chi connectivity index (χ4n) is 2.42. The summed E-state index contributed by atoms with van der Waals surface area (Å²) >= 11 is 0. The molecule has 1 aliphatic heterocycles. The van der Waals surface area contributed by atoms with Crippen molar-refractivity contribution in [3.8, 4) is 0 Å². The molecule has 0 aliphatic carbocycles. The molecule has 0 spiro atoms. The highest BCUT2D eigenvalue weighted by Crippen LogP contribution is 2.22. The summed E-state index contributed by atoms with van der Waals surface area (Å²) in [4.78, 5) is 24.5. The van der Waals surface area contributed by atoms with Gasteiger partial charge in [0.2, 0.25) is 0 Å². The zero-order chi connectivity index (χ0) is 17.6. The maximum Gasteiger partial charge on any atom is 0.408 e. The molecule has 0 aromatic heterocycles. The molecule has 1 aromatic rings.